The number of aromatic nitrogens is 2. The number of hydrogen-bond acceptors (Lipinski definition) is 4. The van der Waals surface area contributed by atoms with Crippen LogP contribution in [0.5, 0.6) is 0 Å². The molecule has 6 nitrogen and oxygen atoms in total. The third kappa shape index (κ3) is 3.81. The molecule has 0 bridgehead atoms. The van der Waals surface area contributed by atoms with E-state index in [1.54, 1.807) is 17.7 Å². The lowest BCUT2D eigenvalue weighted by Gasteiger charge is -2.39. The molecular weight excluding hydrogens is 304 g/mol. The van der Waals surface area contributed by atoms with Gasteiger partial charge in [0.2, 0.25) is 0 Å². The third-order valence-electron chi connectivity index (χ3n) is 5.65. The summed E-state index contributed by atoms with van der Waals surface area (Å²) in [6.45, 7) is 5.23. The van der Waals surface area contributed by atoms with Gasteiger partial charge in [0.15, 0.2) is 0 Å². The van der Waals surface area contributed by atoms with Gasteiger partial charge in [0, 0.05) is 45.0 Å². The van der Waals surface area contributed by atoms with E-state index >= 15 is 0 Å². The summed E-state index contributed by atoms with van der Waals surface area (Å²) < 4.78 is 2.77. The van der Waals surface area contributed by atoms with Crippen LogP contribution in [0.3, 0.4) is 0 Å². The van der Waals surface area contributed by atoms with Gasteiger partial charge in [-0.2, -0.15) is 0 Å². The van der Waals surface area contributed by atoms with Crippen LogP contribution < -0.4 is 11.2 Å². The van der Waals surface area contributed by atoms with Crippen LogP contribution in [0.4, 0.5) is 0 Å². The number of hydrogen-bond donors (Lipinski definition) is 0. The monoisotopic (exact) mass is 334 g/mol. The first kappa shape index (κ1) is 17.4. The standard InChI is InChI=1S/C18H30N4O2/c1-19-16(12-17(23)20(2)18(19)24)14-21-9-7-8-15(13-21)22-10-5-3-4-6-11-22/h12,15H,3-11,13-14H2,1-2H3. The summed E-state index contributed by atoms with van der Waals surface area (Å²) >= 11 is 0. The lowest BCUT2D eigenvalue weighted by Crippen LogP contribution is -2.48. The van der Waals surface area contributed by atoms with Crippen LogP contribution in [0, 0.1) is 0 Å². The van der Waals surface area contributed by atoms with Crippen LogP contribution in [-0.4, -0.2) is 51.2 Å². The van der Waals surface area contributed by atoms with E-state index in [0.29, 0.717) is 12.6 Å². The largest absolute Gasteiger partial charge is 0.330 e. The predicted octanol–water partition coefficient (Wildman–Crippen LogP) is 0.924. The molecule has 3 heterocycles. The highest BCUT2D eigenvalue weighted by atomic mass is 16.2. The number of piperidine rings is 1. The molecule has 0 aliphatic carbocycles. The molecule has 2 fully saturated rings. The predicted molar refractivity (Wildman–Crippen MR) is 95.3 cm³/mol. The summed E-state index contributed by atoms with van der Waals surface area (Å²) in [5.41, 5.74) is 0.368. The summed E-state index contributed by atoms with van der Waals surface area (Å²) in [5, 5.41) is 0. The van der Waals surface area contributed by atoms with E-state index in [1.807, 2.05) is 0 Å². The van der Waals surface area contributed by atoms with Gasteiger partial charge in [0.25, 0.3) is 5.56 Å². The molecule has 6 heteroatoms. The van der Waals surface area contributed by atoms with Crippen LogP contribution >= 0.6 is 0 Å². The van der Waals surface area contributed by atoms with Gasteiger partial charge in [-0.1, -0.05) is 12.8 Å². The lowest BCUT2D eigenvalue weighted by atomic mass is 10.0. The Morgan fingerprint density at radius 1 is 0.958 bits per heavy atom. The van der Waals surface area contributed by atoms with Crippen molar-refractivity contribution in [3.8, 4) is 0 Å². The second-order valence-corrected chi connectivity index (χ2v) is 7.36. The molecule has 0 amide bonds. The Morgan fingerprint density at radius 3 is 2.38 bits per heavy atom. The molecule has 0 saturated carbocycles. The van der Waals surface area contributed by atoms with Crippen molar-refractivity contribution in [2.24, 2.45) is 14.1 Å². The minimum absolute atomic E-state index is 0.214. The number of nitrogens with zero attached hydrogens (tertiary/aromatic N) is 4. The van der Waals surface area contributed by atoms with E-state index in [2.05, 4.69) is 9.80 Å². The third-order valence-corrected chi connectivity index (χ3v) is 5.65. The van der Waals surface area contributed by atoms with Gasteiger partial charge in [-0.05, 0) is 45.3 Å². The van der Waals surface area contributed by atoms with Crippen molar-refractivity contribution < 1.29 is 0 Å². The van der Waals surface area contributed by atoms with Crippen LogP contribution in [0.25, 0.3) is 0 Å². The number of likely N-dealkylation sites (tertiary alicyclic amines) is 2. The van der Waals surface area contributed by atoms with Crippen LogP contribution in [0.1, 0.15) is 44.2 Å². The minimum Gasteiger partial charge on any atom is -0.299 e. The average Bonchev–Trinajstić information content (AvgIpc) is 2.87. The van der Waals surface area contributed by atoms with Gasteiger partial charge in [0.1, 0.15) is 0 Å². The Bertz CT molecular complexity index is 671. The summed E-state index contributed by atoms with van der Waals surface area (Å²) in [4.78, 5) is 29.1. The Balaban J connectivity index is 1.69. The second-order valence-electron chi connectivity index (χ2n) is 7.36. The molecule has 2 saturated heterocycles. The van der Waals surface area contributed by atoms with Gasteiger partial charge in [0.05, 0.1) is 0 Å². The Kier molecular flexibility index (Phi) is 5.56. The highest BCUT2D eigenvalue weighted by Gasteiger charge is 2.26. The fourth-order valence-corrected chi connectivity index (χ4v) is 4.09. The Hall–Kier alpha value is -1.40. The van der Waals surface area contributed by atoms with Crippen LogP contribution in [0.2, 0.25) is 0 Å². The fourth-order valence-electron chi connectivity index (χ4n) is 4.09. The quantitative estimate of drug-likeness (QED) is 0.825. The van der Waals surface area contributed by atoms with E-state index in [4.69, 9.17) is 0 Å². The molecule has 1 aromatic rings. The van der Waals surface area contributed by atoms with Gasteiger partial charge in [-0.25, -0.2) is 4.79 Å². The normalized spacial score (nSPS) is 24.0. The summed E-state index contributed by atoms with van der Waals surface area (Å²) in [7, 11) is 3.29. The van der Waals surface area contributed by atoms with Crippen molar-refractivity contribution in [3.63, 3.8) is 0 Å². The smallest absolute Gasteiger partial charge is 0.299 e. The molecule has 1 atom stereocenters. The SMILES string of the molecule is Cn1c(CN2CCCC(N3CCCCCC3)C2)cc(=O)n(C)c1=O. The first-order valence-corrected chi connectivity index (χ1v) is 9.28. The van der Waals surface area contributed by atoms with E-state index in [1.165, 1.54) is 63.2 Å². The first-order valence-electron chi connectivity index (χ1n) is 9.28. The maximum Gasteiger partial charge on any atom is 0.330 e. The zero-order chi connectivity index (χ0) is 17.1. The average molecular weight is 334 g/mol. The Morgan fingerprint density at radius 2 is 1.67 bits per heavy atom. The number of rotatable bonds is 3. The maximum atomic E-state index is 12.1. The van der Waals surface area contributed by atoms with E-state index in [-0.39, 0.29) is 11.2 Å². The second kappa shape index (κ2) is 7.66. The maximum absolute atomic E-state index is 12.1. The van der Waals surface area contributed by atoms with E-state index < -0.39 is 0 Å². The van der Waals surface area contributed by atoms with E-state index in [9.17, 15) is 9.59 Å². The van der Waals surface area contributed by atoms with Gasteiger partial charge >= 0.3 is 5.69 Å². The molecule has 0 spiro atoms. The lowest BCUT2D eigenvalue weighted by molar-refractivity contribution is 0.0940. The highest BCUT2D eigenvalue weighted by Crippen LogP contribution is 2.20. The summed E-state index contributed by atoms with van der Waals surface area (Å²) in [6.07, 6.45) is 7.83. The van der Waals surface area contributed by atoms with Crippen molar-refractivity contribution in [2.75, 3.05) is 26.2 Å². The molecule has 1 unspecified atom stereocenters. The van der Waals surface area contributed by atoms with Crippen molar-refractivity contribution in [2.45, 2.75) is 51.1 Å². The minimum atomic E-state index is -0.237. The molecule has 0 N–H and O–H groups in total. The fraction of sp³-hybridized carbons (Fsp3) is 0.778. The Labute approximate surface area is 143 Å². The molecule has 24 heavy (non-hydrogen) atoms. The summed E-state index contributed by atoms with van der Waals surface area (Å²) in [5.74, 6) is 0. The topological polar surface area (TPSA) is 50.5 Å². The molecular formula is C18H30N4O2. The molecule has 3 rings (SSSR count). The van der Waals surface area contributed by atoms with E-state index in [0.717, 1.165) is 18.8 Å². The molecule has 134 valence electrons. The highest BCUT2D eigenvalue weighted by molar-refractivity contribution is 5.02. The van der Waals surface area contributed by atoms with Crippen molar-refractivity contribution in [3.05, 3.63) is 32.6 Å². The van der Waals surface area contributed by atoms with Crippen molar-refractivity contribution >= 4 is 0 Å². The van der Waals surface area contributed by atoms with Crippen LogP contribution in [-0.2, 0) is 20.6 Å². The van der Waals surface area contributed by atoms with Gasteiger partial charge < -0.3 is 0 Å². The molecule has 2 aliphatic rings. The molecule has 0 aromatic carbocycles. The molecule has 2 aliphatic heterocycles. The zero-order valence-electron chi connectivity index (χ0n) is 15.0. The summed E-state index contributed by atoms with van der Waals surface area (Å²) in [6, 6.07) is 2.23. The molecule has 1 aromatic heterocycles. The first-order chi connectivity index (χ1) is 11.6. The van der Waals surface area contributed by atoms with Gasteiger partial charge in [-0.15, -0.1) is 0 Å². The zero-order valence-corrected chi connectivity index (χ0v) is 15.0. The van der Waals surface area contributed by atoms with Gasteiger partial charge in [-0.3, -0.25) is 23.7 Å². The molecule has 0 radical (unpaired) electrons. The van der Waals surface area contributed by atoms with Crippen LogP contribution in [0.15, 0.2) is 15.7 Å². The van der Waals surface area contributed by atoms with Crippen molar-refractivity contribution in [1.29, 1.82) is 0 Å². The van der Waals surface area contributed by atoms with Crippen molar-refractivity contribution in [1.82, 2.24) is 18.9 Å².